The Morgan fingerprint density at radius 1 is 1.22 bits per heavy atom. The van der Waals surface area contributed by atoms with Crippen LogP contribution >= 0.6 is 0 Å². The molecule has 7 heteroatoms. The van der Waals surface area contributed by atoms with Gasteiger partial charge in [0.1, 0.15) is 0 Å². The highest BCUT2D eigenvalue weighted by atomic mass is 16.6. The minimum Gasteiger partial charge on any atom is -0.481 e. The maximum atomic E-state index is 12.8. The molecule has 1 N–H and O–H groups in total. The van der Waals surface area contributed by atoms with Crippen molar-refractivity contribution >= 4 is 17.6 Å². The number of nitro groups is 1. The highest BCUT2D eigenvalue weighted by Gasteiger charge is 2.36. The van der Waals surface area contributed by atoms with Crippen molar-refractivity contribution in [2.75, 3.05) is 13.1 Å². The van der Waals surface area contributed by atoms with E-state index in [0.717, 1.165) is 0 Å². The Morgan fingerprint density at radius 3 is 2.17 bits per heavy atom. The lowest BCUT2D eigenvalue weighted by Crippen LogP contribution is -2.47. The maximum Gasteiger partial charge on any atom is 0.306 e. The lowest BCUT2D eigenvalue weighted by atomic mass is 9.82. The number of non-ortho nitro benzene ring substituents is 1. The number of carboxylic acid groups (broad SMARTS) is 1. The van der Waals surface area contributed by atoms with Gasteiger partial charge in [-0.25, -0.2) is 0 Å². The van der Waals surface area contributed by atoms with E-state index in [1.807, 2.05) is 0 Å². The largest absolute Gasteiger partial charge is 0.481 e. The second-order valence-electron chi connectivity index (χ2n) is 6.33. The van der Waals surface area contributed by atoms with Crippen molar-refractivity contribution in [1.82, 2.24) is 4.90 Å². The number of carbonyl (C=O) groups excluding carboxylic acids is 1. The molecular weight excluding hydrogens is 300 g/mol. The summed E-state index contributed by atoms with van der Waals surface area (Å²) in [6, 6.07) is 5.97. The summed E-state index contributed by atoms with van der Waals surface area (Å²) in [5, 5.41) is 19.7. The standard InChI is InChI=1S/C16H20N2O5/c1-16(2,12-3-5-13(6-4-12)18(22)23)15(21)17-9-7-11(8-10-17)14(19)20/h3-6,11H,7-10H2,1-2H3,(H,19,20). The van der Waals surface area contributed by atoms with Crippen molar-refractivity contribution in [3.63, 3.8) is 0 Å². The van der Waals surface area contributed by atoms with Crippen molar-refractivity contribution in [2.24, 2.45) is 5.92 Å². The molecule has 23 heavy (non-hydrogen) atoms. The second-order valence-corrected chi connectivity index (χ2v) is 6.33. The molecule has 0 aromatic heterocycles. The molecular formula is C16H20N2O5. The molecule has 7 nitrogen and oxygen atoms in total. The molecule has 0 atom stereocenters. The molecule has 0 bridgehead atoms. The first kappa shape index (κ1) is 16.9. The van der Waals surface area contributed by atoms with Gasteiger partial charge in [0.25, 0.3) is 5.69 Å². The van der Waals surface area contributed by atoms with Gasteiger partial charge in [-0.3, -0.25) is 19.7 Å². The van der Waals surface area contributed by atoms with E-state index in [1.165, 1.54) is 12.1 Å². The number of nitrogens with zero attached hydrogens (tertiary/aromatic N) is 2. The van der Waals surface area contributed by atoms with Gasteiger partial charge in [-0.05, 0) is 32.3 Å². The third-order valence-electron chi connectivity index (χ3n) is 4.47. The first-order valence-electron chi connectivity index (χ1n) is 7.50. The number of hydrogen-bond donors (Lipinski definition) is 1. The fourth-order valence-electron chi connectivity index (χ4n) is 2.85. The Bertz CT molecular complexity index is 616. The molecule has 124 valence electrons. The van der Waals surface area contributed by atoms with Crippen LogP contribution in [0.5, 0.6) is 0 Å². The van der Waals surface area contributed by atoms with Crippen molar-refractivity contribution in [2.45, 2.75) is 32.1 Å². The Hall–Kier alpha value is -2.44. The number of rotatable bonds is 4. The number of carbonyl (C=O) groups is 2. The number of carboxylic acids is 1. The highest BCUT2D eigenvalue weighted by Crippen LogP contribution is 2.29. The highest BCUT2D eigenvalue weighted by molar-refractivity contribution is 5.87. The van der Waals surface area contributed by atoms with Gasteiger partial charge in [-0.1, -0.05) is 12.1 Å². The van der Waals surface area contributed by atoms with E-state index in [-0.39, 0.29) is 17.5 Å². The molecule has 1 aliphatic heterocycles. The van der Waals surface area contributed by atoms with Crippen molar-refractivity contribution < 1.29 is 19.6 Å². The van der Waals surface area contributed by atoms with Gasteiger partial charge in [-0.2, -0.15) is 0 Å². The van der Waals surface area contributed by atoms with Gasteiger partial charge in [-0.15, -0.1) is 0 Å². The lowest BCUT2D eigenvalue weighted by molar-refractivity contribution is -0.384. The van der Waals surface area contributed by atoms with Crippen LogP contribution < -0.4 is 0 Å². The van der Waals surface area contributed by atoms with Crippen LogP contribution in [0, 0.1) is 16.0 Å². The molecule has 0 aliphatic carbocycles. The monoisotopic (exact) mass is 320 g/mol. The number of amides is 1. The van der Waals surface area contributed by atoms with Crippen LogP contribution in [0.3, 0.4) is 0 Å². The normalized spacial score (nSPS) is 16.2. The van der Waals surface area contributed by atoms with Crippen LogP contribution in [-0.2, 0) is 15.0 Å². The molecule has 1 saturated heterocycles. The van der Waals surface area contributed by atoms with E-state index in [1.54, 1.807) is 30.9 Å². The fraction of sp³-hybridized carbons (Fsp3) is 0.500. The summed E-state index contributed by atoms with van der Waals surface area (Å²) in [6.45, 7) is 4.40. The van der Waals surface area contributed by atoms with Gasteiger partial charge in [0, 0.05) is 25.2 Å². The number of benzene rings is 1. The Balaban J connectivity index is 2.11. The summed E-state index contributed by atoms with van der Waals surface area (Å²) >= 11 is 0. The number of hydrogen-bond acceptors (Lipinski definition) is 4. The summed E-state index contributed by atoms with van der Waals surface area (Å²) in [7, 11) is 0. The van der Waals surface area contributed by atoms with E-state index in [0.29, 0.717) is 31.5 Å². The lowest BCUT2D eigenvalue weighted by Gasteiger charge is -2.36. The summed E-state index contributed by atoms with van der Waals surface area (Å²) in [4.78, 5) is 35.7. The predicted octanol–water partition coefficient (Wildman–Crippen LogP) is 2.20. The number of aliphatic carboxylic acids is 1. The van der Waals surface area contributed by atoms with Crippen LogP contribution in [0.1, 0.15) is 32.3 Å². The minimum atomic E-state index is -0.814. The van der Waals surface area contributed by atoms with Gasteiger partial charge in [0.15, 0.2) is 0 Å². The Morgan fingerprint density at radius 2 is 1.74 bits per heavy atom. The summed E-state index contributed by atoms with van der Waals surface area (Å²) in [6.07, 6.45) is 0.912. The smallest absolute Gasteiger partial charge is 0.306 e. The van der Waals surface area contributed by atoms with E-state index < -0.39 is 16.3 Å². The number of likely N-dealkylation sites (tertiary alicyclic amines) is 1. The number of nitro benzene ring substituents is 1. The zero-order chi connectivity index (χ0) is 17.2. The van der Waals surface area contributed by atoms with Crippen molar-refractivity contribution in [1.29, 1.82) is 0 Å². The third kappa shape index (κ3) is 3.49. The van der Waals surface area contributed by atoms with Crippen molar-refractivity contribution in [3.05, 3.63) is 39.9 Å². The van der Waals surface area contributed by atoms with E-state index in [2.05, 4.69) is 0 Å². The second kappa shape index (κ2) is 6.36. The minimum absolute atomic E-state index is 0.0146. The SMILES string of the molecule is CC(C)(C(=O)N1CCC(C(=O)O)CC1)c1ccc([N+](=O)[O-])cc1. The molecule has 1 aliphatic rings. The molecule has 1 amide bonds. The van der Waals surface area contributed by atoms with Gasteiger partial charge >= 0.3 is 5.97 Å². The first-order chi connectivity index (χ1) is 10.7. The molecule has 1 heterocycles. The molecule has 0 saturated carbocycles. The molecule has 1 fully saturated rings. The summed E-state index contributed by atoms with van der Waals surface area (Å²) < 4.78 is 0. The van der Waals surface area contributed by atoms with E-state index >= 15 is 0 Å². The molecule has 1 aromatic rings. The first-order valence-corrected chi connectivity index (χ1v) is 7.50. The molecule has 0 unspecified atom stereocenters. The van der Waals surface area contributed by atoms with Gasteiger partial charge in [0.2, 0.25) is 5.91 Å². The van der Waals surface area contributed by atoms with Gasteiger partial charge < -0.3 is 10.0 Å². The number of piperidine rings is 1. The zero-order valence-corrected chi connectivity index (χ0v) is 13.2. The molecule has 2 rings (SSSR count). The van der Waals surface area contributed by atoms with Crippen LogP contribution in [0.15, 0.2) is 24.3 Å². The Kier molecular flexibility index (Phi) is 4.68. The van der Waals surface area contributed by atoms with Crippen molar-refractivity contribution in [3.8, 4) is 0 Å². The molecule has 0 radical (unpaired) electrons. The topological polar surface area (TPSA) is 101 Å². The van der Waals surface area contributed by atoms with Crippen LogP contribution in [0.25, 0.3) is 0 Å². The maximum absolute atomic E-state index is 12.8. The average Bonchev–Trinajstić information content (AvgIpc) is 2.54. The predicted molar refractivity (Wildman–Crippen MR) is 83.1 cm³/mol. The molecule has 1 aromatic carbocycles. The molecule has 0 spiro atoms. The fourth-order valence-corrected chi connectivity index (χ4v) is 2.85. The van der Waals surface area contributed by atoms with Crippen LogP contribution in [-0.4, -0.2) is 39.9 Å². The van der Waals surface area contributed by atoms with E-state index in [9.17, 15) is 19.7 Å². The van der Waals surface area contributed by atoms with Gasteiger partial charge in [0.05, 0.1) is 16.3 Å². The summed E-state index contributed by atoms with van der Waals surface area (Å²) in [5.74, 6) is -1.29. The zero-order valence-electron chi connectivity index (χ0n) is 13.2. The average molecular weight is 320 g/mol. The van der Waals surface area contributed by atoms with E-state index in [4.69, 9.17) is 5.11 Å². The third-order valence-corrected chi connectivity index (χ3v) is 4.47. The quantitative estimate of drug-likeness (QED) is 0.677. The summed E-state index contributed by atoms with van der Waals surface area (Å²) in [5.41, 5.74) is -0.127. The van der Waals surface area contributed by atoms with Crippen LogP contribution in [0.2, 0.25) is 0 Å². The Labute approximate surface area is 134 Å². The van der Waals surface area contributed by atoms with Crippen LogP contribution in [0.4, 0.5) is 5.69 Å².